The molecule has 0 fully saturated rings. The van der Waals surface area contributed by atoms with Gasteiger partial charge in [-0.3, -0.25) is 10.1 Å². The molecular weight excluding hydrogens is 318 g/mol. The standard InChI is InChI=1S/C19H17N3OS/c1-23-13-5-3-12(4-6-13)9-17-19-15-8-7-14(24-2)10-16(15)20-11-18(19)22-21-17/h3-8,10-11H,9H2,1-2H3,(H,21,22). The van der Waals surface area contributed by atoms with Gasteiger partial charge in [-0.2, -0.15) is 5.10 Å². The maximum absolute atomic E-state index is 5.22. The summed E-state index contributed by atoms with van der Waals surface area (Å²) in [6, 6.07) is 14.5. The minimum absolute atomic E-state index is 0.796. The van der Waals surface area contributed by atoms with Crippen molar-refractivity contribution in [3.8, 4) is 5.75 Å². The lowest BCUT2D eigenvalue weighted by Crippen LogP contribution is -1.91. The molecule has 0 unspecified atom stereocenters. The van der Waals surface area contributed by atoms with Gasteiger partial charge in [0.05, 0.1) is 18.8 Å². The number of thioether (sulfide) groups is 1. The van der Waals surface area contributed by atoms with E-state index in [1.807, 2.05) is 18.3 Å². The van der Waals surface area contributed by atoms with Crippen LogP contribution in [0.5, 0.6) is 5.75 Å². The van der Waals surface area contributed by atoms with E-state index in [-0.39, 0.29) is 0 Å². The molecule has 0 spiro atoms. The van der Waals surface area contributed by atoms with E-state index >= 15 is 0 Å². The number of H-pyrrole nitrogens is 1. The van der Waals surface area contributed by atoms with Gasteiger partial charge in [-0.1, -0.05) is 18.2 Å². The highest BCUT2D eigenvalue weighted by Crippen LogP contribution is 2.29. The van der Waals surface area contributed by atoms with Gasteiger partial charge in [0.25, 0.3) is 0 Å². The van der Waals surface area contributed by atoms with Crippen LogP contribution in [-0.4, -0.2) is 28.5 Å². The third kappa shape index (κ3) is 2.61. The topological polar surface area (TPSA) is 50.8 Å². The quantitative estimate of drug-likeness (QED) is 0.561. The zero-order valence-corrected chi connectivity index (χ0v) is 14.4. The highest BCUT2D eigenvalue weighted by atomic mass is 32.2. The summed E-state index contributed by atoms with van der Waals surface area (Å²) in [5.41, 5.74) is 4.24. The largest absolute Gasteiger partial charge is 0.497 e. The second-order valence-corrected chi connectivity index (χ2v) is 6.51. The fourth-order valence-electron chi connectivity index (χ4n) is 2.95. The van der Waals surface area contributed by atoms with Gasteiger partial charge in [0, 0.05) is 27.8 Å². The van der Waals surface area contributed by atoms with Crippen molar-refractivity contribution in [1.82, 2.24) is 15.2 Å². The van der Waals surface area contributed by atoms with Gasteiger partial charge in [-0.05, 0) is 36.1 Å². The molecule has 2 aromatic carbocycles. The molecule has 5 heteroatoms. The molecule has 0 saturated carbocycles. The second kappa shape index (κ2) is 6.17. The van der Waals surface area contributed by atoms with Crippen LogP contribution in [0.3, 0.4) is 0 Å². The molecule has 0 atom stereocenters. The lowest BCUT2D eigenvalue weighted by Gasteiger charge is -2.05. The molecule has 120 valence electrons. The molecule has 4 rings (SSSR count). The Morgan fingerprint density at radius 1 is 1.08 bits per heavy atom. The van der Waals surface area contributed by atoms with Gasteiger partial charge in [-0.15, -0.1) is 11.8 Å². The van der Waals surface area contributed by atoms with Crippen LogP contribution in [-0.2, 0) is 6.42 Å². The molecule has 0 saturated heterocycles. The van der Waals surface area contributed by atoms with Crippen molar-refractivity contribution in [3.63, 3.8) is 0 Å². The normalized spacial score (nSPS) is 11.2. The van der Waals surface area contributed by atoms with E-state index in [1.165, 1.54) is 10.5 Å². The summed E-state index contributed by atoms with van der Waals surface area (Å²) in [6.45, 7) is 0. The molecule has 2 aromatic heterocycles. The first-order valence-corrected chi connectivity index (χ1v) is 8.93. The first-order chi connectivity index (χ1) is 11.8. The first kappa shape index (κ1) is 15.0. The number of rotatable bonds is 4. The summed E-state index contributed by atoms with van der Waals surface area (Å²) < 4.78 is 5.22. The van der Waals surface area contributed by atoms with E-state index in [0.717, 1.165) is 39.7 Å². The average Bonchev–Trinajstić information content (AvgIpc) is 3.05. The monoisotopic (exact) mass is 335 g/mol. The van der Waals surface area contributed by atoms with Crippen molar-refractivity contribution in [1.29, 1.82) is 0 Å². The number of aromatic amines is 1. The van der Waals surface area contributed by atoms with Crippen LogP contribution in [0.15, 0.2) is 53.6 Å². The van der Waals surface area contributed by atoms with Crippen molar-refractivity contribution < 1.29 is 4.74 Å². The summed E-state index contributed by atoms with van der Waals surface area (Å²) in [5, 5.41) is 9.91. The van der Waals surface area contributed by atoms with Crippen LogP contribution in [0, 0.1) is 0 Å². The van der Waals surface area contributed by atoms with Crippen LogP contribution in [0.2, 0.25) is 0 Å². The van der Waals surface area contributed by atoms with Crippen molar-refractivity contribution in [3.05, 3.63) is 59.9 Å². The molecule has 1 N–H and O–H groups in total. The summed E-state index contributed by atoms with van der Waals surface area (Å²) in [5.74, 6) is 0.868. The van der Waals surface area contributed by atoms with E-state index in [4.69, 9.17) is 4.74 Å². The Morgan fingerprint density at radius 3 is 2.67 bits per heavy atom. The molecule has 0 aliphatic heterocycles. The van der Waals surface area contributed by atoms with Crippen LogP contribution in [0.25, 0.3) is 21.8 Å². The predicted molar refractivity (Wildman–Crippen MR) is 99.0 cm³/mol. The SMILES string of the molecule is COc1ccc(Cc2[nH]nc3cnc4cc(SC)ccc4c23)cc1. The Bertz CT molecular complexity index is 1010. The van der Waals surface area contributed by atoms with Gasteiger partial charge in [0.15, 0.2) is 0 Å². The van der Waals surface area contributed by atoms with Gasteiger partial charge in [0.2, 0.25) is 0 Å². The van der Waals surface area contributed by atoms with Crippen molar-refractivity contribution >= 4 is 33.6 Å². The van der Waals surface area contributed by atoms with Gasteiger partial charge >= 0.3 is 0 Å². The fourth-order valence-corrected chi connectivity index (χ4v) is 3.38. The number of hydrogen-bond acceptors (Lipinski definition) is 4. The molecular formula is C19H17N3OS. The van der Waals surface area contributed by atoms with Gasteiger partial charge < -0.3 is 4.74 Å². The van der Waals surface area contributed by atoms with Crippen molar-refractivity contribution in [2.75, 3.05) is 13.4 Å². The van der Waals surface area contributed by atoms with E-state index < -0.39 is 0 Å². The Balaban J connectivity index is 1.81. The maximum Gasteiger partial charge on any atom is 0.118 e. The number of fused-ring (bicyclic) bond motifs is 3. The summed E-state index contributed by atoms with van der Waals surface area (Å²) in [4.78, 5) is 5.77. The van der Waals surface area contributed by atoms with E-state index in [1.54, 1.807) is 18.9 Å². The Labute approximate surface area is 144 Å². The fraction of sp³-hybridized carbons (Fsp3) is 0.158. The smallest absolute Gasteiger partial charge is 0.118 e. The van der Waals surface area contributed by atoms with Crippen LogP contribution < -0.4 is 4.74 Å². The molecule has 4 aromatic rings. The molecule has 2 heterocycles. The number of nitrogens with zero attached hydrogens (tertiary/aromatic N) is 2. The lowest BCUT2D eigenvalue weighted by atomic mass is 10.0. The van der Waals surface area contributed by atoms with E-state index in [2.05, 4.69) is 51.8 Å². The predicted octanol–water partition coefficient (Wildman–Crippen LogP) is 4.43. The molecule has 0 aliphatic rings. The Morgan fingerprint density at radius 2 is 1.92 bits per heavy atom. The van der Waals surface area contributed by atoms with Crippen molar-refractivity contribution in [2.45, 2.75) is 11.3 Å². The summed E-state index contributed by atoms with van der Waals surface area (Å²) in [6.07, 6.45) is 4.71. The third-order valence-electron chi connectivity index (χ3n) is 4.21. The number of methoxy groups -OCH3 is 1. The first-order valence-electron chi connectivity index (χ1n) is 7.71. The van der Waals surface area contributed by atoms with E-state index in [9.17, 15) is 0 Å². The van der Waals surface area contributed by atoms with Crippen LogP contribution in [0.4, 0.5) is 0 Å². The Kier molecular flexibility index (Phi) is 3.86. The van der Waals surface area contributed by atoms with Gasteiger partial charge in [0.1, 0.15) is 11.3 Å². The molecule has 0 amide bonds. The molecule has 24 heavy (non-hydrogen) atoms. The van der Waals surface area contributed by atoms with Gasteiger partial charge in [-0.25, -0.2) is 0 Å². The Hall–Kier alpha value is -2.53. The number of pyridine rings is 1. The number of nitrogens with one attached hydrogen (secondary N) is 1. The molecule has 4 nitrogen and oxygen atoms in total. The van der Waals surface area contributed by atoms with Crippen LogP contribution >= 0.6 is 11.8 Å². The average molecular weight is 335 g/mol. The lowest BCUT2D eigenvalue weighted by molar-refractivity contribution is 0.414. The second-order valence-electron chi connectivity index (χ2n) is 5.63. The number of benzene rings is 2. The van der Waals surface area contributed by atoms with Crippen LogP contribution in [0.1, 0.15) is 11.3 Å². The number of aromatic nitrogens is 3. The highest BCUT2D eigenvalue weighted by Gasteiger charge is 2.11. The minimum Gasteiger partial charge on any atom is -0.497 e. The summed E-state index contributed by atoms with van der Waals surface area (Å²) in [7, 11) is 1.68. The molecule has 0 aliphatic carbocycles. The minimum atomic E-state index is 0.796. The third-order valence-corrected chi connectivity index (χ3v) is 4.93. The highest BCUT2D eigenvalue weighted by molar-refractivity contribution is 7.98. The summed E-state index contributed by atoms with van der Waals surface area (Å²) >= 11 is 1.73. The number of hydrogen-bond donors (Lipinski definition) is 1. The zero-order chi connectivity index (χ0) is 16.5. The zero-order valence-electron chi connectivity index (χ0n) is 13.5. The van der Waals surface area contributed by atoms with Crippen molar-refractivity contribution in [2.24, 2.45) is 0 Å². The van der Waals surface area contributed by atoms with E-state index in [0.29, 0.717) is 0 Å². The molecule has 0 bridgehead atoms. The maximum atomic E-state index is 5.22. The number of ether oxygens (including phenoxy) is 1. The molecule has 0 radical (unpaired) electrons.